The molecule has 29 heavy (non-hydrogen) atoms. The molecule has 0 aliphatic rings. The van der Waals surface area contributed by atoms with Crippen molar-refractivity contribution in [1.82, 2.24) is 0 Å². The highest BCUT2D eigenvalue weighted by molar-refractivity contribution is 6.36. The van der Waals surface area contributed by atoms with Gasteiger partial charge in [0.25, 0.3) is 5.91 Å². The first kappa shape index (κ1) is 20.7. The highest BCUT2D eigenvalue weighted by Gasteiger charge is 2.23. The summed E-state index contributed by atoms with van der Waals surface area (Å²) in [7, 11) is 1.43. The zero-order valence-corrected chi connectivity index (χ0v) is 16.8. The van der Waals surface area contributed by atoms with Crippen molar-refractivity contribution < 1.29 is 23.5 Å². The number of methoxy groups -OCH3 is 1. The van der Waals surface area contributed by atoms with Crippen LogP contribution in [-0.2, 0) is 9.53 Å². The molecule has 0 fully saturated rings. The van der Waals surface area contributed by atoms with E-state index < -0.39 is 23.6 Å². The van der Waals surface area contributed by atoms with Crippen molar-refractivity contribution in [3.63, 3.8) is 0 Å². The second-order valence-electron chi connectivity index (χ2n) is 5.99. The average molecular weight is 436 g/mol. The number of esters is 1. The minimum absolute atomic E-state index is 0.208. The molecule has 1 heterocycles. The Hall–Kier alpha value is -3.03. The highest BCUT2D eigenvalue weighted by Crippen LogP contribution is 2.26. The first-order chi connectivity index (χ1) is 13.8. The molecule has 150 valence electrons. The molecule has 0 radical (unpaired) electrons. The van der Waals surface area contributed by atoms with Crippen LogP contribution in [0.3, 0.4) is 0 Å². The van der Waals surface area contributed by atoms with Gasteiger partial charge in [-0.25, -0.2) is 9.59 Å². The Bertz CT molecular complexity index is 1160. The molecule has 7 nitrogen and oxygen atoms in total. The maximum Gasteiger partial charge on any atom is 0.351 e. The summed E-state index contributed by atoms with van der Waals surface area (Å²) in [6.45, 7) is 1.36. The monoisotopic (exact) mass is 435 g/mol. The molecular formula is C20H15Cl2NO6. The maximum atomic E-state index is 12.4. The van der Waals surface area contributed by atoms with Crippen molar-refractivity contribution in [2.24, 2.45) is 0 Å². The van der Waals surface area contributed by atoms with Crippen molar-refractivity contribution in [1.29, 1.82) is 0 Å². The molecule has 2 aromatic carbocycles. The number of anilines is 1. The minimum Gasteiger partial charge on any atom is -0.493 e. The quantitative estimate of drug-likeness (QED) is 0.474. The molecule has 0 saturated heterocycles. The van der Waals surface area contributed by atoms with Crippen molar-refractivity contribution in [3.05, 3.63) is 68.5 Å². The maximum absolute atomic E-state index is 12.4. The molecule has 3 aromatic rings. The normalized spacial score (nSPS) is 11.7. The number of hydrogen-bond acceptors (Lipinski definition) is 6. The lowest BCUT2D eigenvalue weighted by molar-refractivity contribution is -0.123. The van der Waals surface area contributed by atoms with Gasteiger partial charge in [0.2, 0.25) is 0 Å². The Morgan fingerprint density at radius 1 is 1.14 bits per heavy atom. The van der Waals surface area contributed by atoms with Crippen LogP contribution < -0.4 is 15.7 Å². The van der Waals surface area contributed by atoms with Gasteiger partial charge in [-0.2, -0.15) is 0 Å². The summed E-state index contributed by atoms with van der Waals surface area (Å²) in [4.78, 5) is 36.9. The van der Waals surface area contributed by atoms with Crippen LogP contribution in [0.2, 0.25) is 10.0 Å². The van der Waals surface area contributed by atoms with Crippen LogP contribution >= 0.6 is 23.2 Å². The third-order valence-corrected chi connectivity index (χ3v) is 4.55. The lowest BCUT2D eigenvalue weighted by atomic mass is 10.1. The van der Waals surface area contributed by atoms with Crippen molar-refractivity contribution in [2.75, 3.05) is 12.4 Å². The number of para-hydroxylation sites is 1. The first-order valence-electron chi connectivity index (χ1n) is 8.38. The molecule has 9 heteroatoms. The van der Waals surface area contributed by atoms with Crippen LogP contribution in [0.1, 0.15) is 17.3 Å². The Kier molecular flexibility index (Phi) is 6.10. The Morgan fingerprint density at radius 2 is 1.90 bits per heavy atom. The molecule has 0 bridgehead atoms. The second-order valence-corrected chi connectivity index (χ2v) is 6.83. The number of ether oxygens (including phenoxy) is 2. The molecule has 1 amide bonds. The van der Waals surface area contributed by atoms with E-state index in [0.29, 0.717) is 21.8 Å². The zero-order valence-electron chi connectivity index (χ0n) is 15.3. The van der Waals surface area contributed by atoms with E-state index in [-0.39, 0.29) is 16.2 Å². The van der Waals surface area contributed by atoms with Gasteiger partial charge < -0.3 is 19.2 Å². The van der Waals surface area contributed by atoms with Crippen LogP contribution in [0.5, 0.6) is 5.75 Å². The average Bonchev–Trinajstić information content (AvgIpc) is 2.68. The van der Waals surface area contributed by atoms with Gasteiger partial charge in [0.05, 0.1) is 17.8 Å². The number of amides is 1. The molecule has 0 saturated carbocycles. The number of fused-ring (bicyclic) bond motifs is 1. The fraction of sp³-hybridized carbons (Fsp3) is 0.150. The van der Waals surface area contributed by atoms with Crippen molar-refractivity contribution in [2.45, 2.75) is 13.0 Å². The first-order valence-corrected chi connectivity index (χ1v) is 9.13. The smallest absolute Gasteiger partial charge is 0.351 e. The molecule has 0 aliphatic carbocycles. The molecule has 0 aliphatic heterocycles. The second kappa shape index (κ2) is 8.55. The van der Waals surface area contributed by atoms with Crippen LogP contribution in [0.4, 0.5) is 5.69 Å². The number of carbonyl (C=O) groups is 2. The van der Waals surface area contributed by atoms with E-state index in [4.69, 9.17) is 37.1 Å². The fourth-order valence-corrected chi connectivity index (χ4v) is 2.98. The van der Waals surface area contributed by atoms with E-state index in [0.717, 1.165) is 0 Å². The number of rotatable bonds is 5. The summed E-state index contributed by atoms with van der Waals surface area (Å²) in [5.74, 6) is -1.27. The van der Waals surface area contributed by atoms with Gasteiger partial charge in [-0.05, 0) is 37.3 Å². The van der Waals surface area contributed by atoms with E-state index in [1.54, 1.807) is 24.3 Å². The van der Waals surface area contributed by atoms with Gasteiger partial charge in [-0.3, -0.25) is 4.79 Å². The SMILES string of the molecule is COc1cccc2cc(C(=O)OC(C)C(=O)Nc3ccc(Cl)cc3Cl)c(=O)oc12. The number of benzene rings is 2. The van der Waals surface area contributed by atoms with Gasteiger partial charge in [-0.1, -0.05) is 35.3 Å². The number of carbonyl (C=O) groups excluding carboxylic acids is 2. The molecule has 1 N–H and O–H groups in total. The Labute approximate surface area is 175 Å². The summed E-state index contributed by atoms with van der Waals surface area (Å²) in [6.07, 6.45) is -1.20. The topological polar surface area (TPSA) is 94.8 Å². The lowest BCUT2D eigenvalue weighted by Gasteiger charge is -2.14. The number of halogens is 2. The van der Waals surface area contributed by atoms with Gasteiger partial charge in [0.15, 0.2) is 17.4 Å². The highest BCUT2D eigenvalue weighted by atomic mass is 35.5. The predicted molar refractivity (Wildman–Crippen MR) is 109 cm³/mol. The third-order valence-electron chi connectivity index (χ3n) is 4.01. The fourth-order valence-electron chi connectivity index (χ4n) is 2.52. The Balaban J connectivity index is 1.77. The van der Waals surface area contributed by atoms with E-state index in [1.807, 2.05) is 0 Å². The minimum atomic E-state index is -1.20. The van der Waals surface area contributed by atoms with Crippen LogP contribution in [-0.4, -0.2) is 25.1 Å². The molecule has 1 unspecified atom stereocenters. The van der Waals surface area contributed by atoms with E-state index in [2.05, 4.69) is 5.32 Å². The number of nitrogens with one attached hydrogen (secondary N) is 1. The van der Waals surface area contributed by atoms with Gasteiger partial charge in [-0.15, -0.1) is 0 Å². The van der Waals surface area contributed by atoms with Gasteiger partial charge in [0, 0.05) is 10.4 Å². The van der Waals surface area contributed by atoms with Gasteiger partial charge >= 0.3 is 11.6 Å². The van der Waals surface area contributed by atoms with E-state index in [1.165, 1.54) is 32.2 Å². The standard InChI is InChI=1S/C20H15Cl2NO6/c1-10(18(24)23-15-7-6-12(21)9-14(15)22)28-19(25)13-8-11-4-3-5-16(27-2)17(11)29-20(13)26/h3-10H,1-2H3,(H,23,24). The van der Waals surface area contributed by atoms with E-state index >= 15 is 0 Å². The van der Waals surface area contributed by atoms with Crippen LogP contribution in [0.25, 0.3) is 11.0 Å². The summed E-state index contributed by atoms with van der Waals surface area (Å²) in [5, 5.41) is 3.64. The summed E-state index contributed by atoms with van der Waals surface area (Å²) in [6, 6.07) is 10.8. The van der Waals surface area contributed by atoms with E-state index in [9.17, 15) is 14.4 Å². The molecular weight excluding hydrogens is 421 g/mol. The third kappa shape index (κ3) is 4.52. The zero-order chi connectivity index (χ0) is 21.1. The number of hydrogen-bond donors (Lipinski definition) is 1. The molecule has 3 rings (SSSR count). The lowest BCUT2D eigenvalue weighted by Crippen LogP contribution is -2.31. The van der Waals surface area contributed by atoms with Crippen LogP contribution in [0.15, 0.2) is 51.7 Å². The summed E-state index contributed by atoms with van der Waals surface area (Å²) >= 11 is 11.8. The predicted octanol–water partition coefficient (Wildman–Crippen LogP) is 4.29. The molecule has 1 atom stereocenters. The largest absolute Gasteiger partial charge is 0.493 e. The molecule has 1 aromatic heterocycles. The Morgan fingerprint density at radius 3 is 2.59 bits per heavy atom. The van der Waals surface area contributed by atoms with Crippen LogP contribution in [0, 0.1) is 0 Å². The summed E-state index contributed by atoms with van der Waals surface area (Å²) < 4.78 is 15.4. The summed E-state index contributed by atoms with van der Waals surface area (Å²) in [5.41, 5.74) is -0.726. The van der Waals surface area contributed by atoms with Crippen molar-refractivity contribution in [3.8, 4) is 5.75 Å². The molecule has 0 spiro atoms. The van der Waals surface area contributed by atoms with Gasteiger partial charge in [0.1, 0.15) is 5.56 Å². The van der Waals surface area contributed by atoms with Crippen molar-refractivity contribution >= 4 is 51.7 Å².